The molecule has 4 nitrogen and oxygen atoms in total. The Balaban J connectivity index is 2.54. The molecule has 0 bridgehead atoms. The highest BCUT2D eigenvalue weighted by molar-refractivity contribution is 7.89. The van der Waals surface area contributed by atoms with Crippen LogP contribution in [0.4, 0.5) is 0 Å². The molecule has 0 aromatic heterocycles. The molecule has 1 saturated heterocycles. The van der Waals surface area contributed by atoms with Crippen molar-refractivity contribution in [1.82, 2.24) is 4.31 Å². The Hall–Kier alpha value is -0.910. The Morgan fingerprint density at radius 2 is 1.95 bits per heavy atom. The Morgan fingerprint density at radius 1 is 1.32 bits per heavy atom. The smallest absolute Gasteiger partial charge is 0.246 e. The second-order valence-corrected chi connectivity index (χ2v) is 7.58. The summed E-state index contributed by atoms with van der Waals surface area (Å²) < 4.78 is 32.6. The fourth-order valence-corrected chi connectivity index (χ4v) is 4.74. The van der Waals surface area contributed by atoms with Crippen LogP contribution in [-0.2, 0) is 14.8 Å². The van der Waals surface area contributed by atoms with Crippen molar-refractivity contribution in [3.63, 3.8) is 0 Å². The monoisotopic (exact) mass is 283 g/mol. The zero-order valence-electron chi connectivity index (χ0n) is 12.1. The van der Waals surface area contributed by atoms with E-state index in [-0.39, 0.29) is 0 Å². The normalized spacial score (nSPS) is 23.7. The van der Waals surface area contributed by atoms with Crippen molar-refractivity contribution in [2.24, 2.45) is 0 Å². The molecule has 0 radical (unpaired) electrons. The van der Waals surface area contributed by atoms with E-state index < -0.39 is 21.8 Å². The van der Waals surface area contributed by atoms with Crippen LogP contribution in [0.5, 0.6) is 0 Å². The lowest BCUT2D eigenvalue weighted by molar-refractivity contribution is 0.0843. The predicted molar refractivity (Wildman–Crippen MR) is 74.4 cm³/mol. The molecule has 5 heteroatoms. The average Bonchev–Trinajstić information content (AvgIpc) is 2.52. The highest BCUT2D eigenvalue weighted by Gasteiger charge is 2.46. The third-order valence-corrected chi connectivity index (χ3v) is 5.79. The summed E-state index contributed by atoms with van der Waals surface area (Å²) in [5, 5.41) is 0. The quantitative estimate of drug-likeness (QED) is 0.837. The van der Waals surface area contributed by atoms with Crippen LogP contribution >= 0.6 is 0 Å². The molecule has 0 spiro atoms. The summed E-state index contributed by atoms with van der Waals surface area (Å²) in [6.45, 7) is 9.74. The van der Waals surface area contributed by atoms with Gasteiger partial charge in [-0.3, -0.25) is 0 Å². The third kappa shape index (κ3) is 2.42. The zero-order chi connectivity index (χ0) is 14.4. The number of sulfonamides is 1. The van der Waals surface area contributed by atoms with Crippen molar-refractivity contribution >= 4 is 10.0 Å². The number of benzene rings is 1. The first kappa shape index (κ1) is 14.5. The minimum Gasteiger partial charge on any atom is -0.360 e. The molecule has 19 heavy (non-hydrogen) atoms. The molecule has 1 fully saturated rings. The van der Waals surface area contributed by atoms with E-state index in [9.17, 15) is 8.42 Å². The Bertz CT molecular complexity index is 593. The molecular formula is C14H21NO3S. The summed E-state index contributed by atoms with van der Waals surface area (Å²) in [6.07, 6.45) is -0.430. The van der Waals surface area contributed by atoms with E-state index >= 15 is 0 Å². The number of rotatable bonds is 2. The fourth-order valence-electron chi connectivity index (χ4n) is 2.66. The summed E-state index contributed by atoms with van der Waals surface area (Å²) in [6, 6.07) is 5.40. The minimum absolute atomic E-state index is 0.364. The first-order valence-electron chi connectivity index (χ1n) is 6.40. The molecular weight excluding hydrogens is 262 g/mol. The highest BCUT2D eigenvalue weighted by Crippen LogP contribution is 2.34. The van der Waals surface area contributed by atoms with Gasteiger partial charge in [-0.15, -0.1) is 0 Å². The van der Waals surface area contributed by atoms with Gasteiger partial charge in [0, 0.05) is 0 Å². The van der Waals surface area contributed by atoms with Gasteiger partial charge in [0.25, 0.3) is 0 Å². The van der Waals surface area contributed by atoms with Gasteiger partial charge in [0.15, 0.2) is 0 Å². The maximum Gasteiger partial charge on any atom is 0.246 e. The Kier molecular flexibility index (Phi) is 3.49. The van der Waals surface area contributed by atoms with E-state index in [1.165, 1.54) is 4.31 Å². The Morgan fingerprint density at radius 3 is 2.42 bits per heavy atom. The molecule has 1 aromatic carbocycles. The molecule has 1 atom stereocenters. The zero-order valence-corrected chi connectivity index (χ0v) is 12.9. The lowest BCUT2D eigenvalue weighted by Gasteiger charge is -2.31. The summed E-state index contributed by atoms with van der Waals surface area (Å²) in [7, 11) is -3.53. The summed E-state index contributed by atoms with van der Waals surface area (Å²) in [5.41, 5.74) is 1.31. The van der Waals surface area contributed by atoms with Gasteiger partial charge in [-0.05, 0) is 46.2 Å². The van der Waals surface area contributed by atoms with Crippen molar-refractivity contribution in [3.8, 4) is 0 Å². The van der Waals surface area contributed by atoms with E-state index in [1.54, 1.807) is 13.0 Å². The molecule has 0 saturated carbocycles. The maximum atomic E-state index is 12.8. The van der Waals surface area contributed by atoms with Gasteiger partial charge in [0.05, 0.1) is 17.0 Å². The SMILES string of the molecule is Cc1ccc(S(=O)(=O)N2C(C)OCC2(C)C)c(C)c1. The maximum absolute atomic E-state index is 12.8. The van der Waals surface area contributed by atoms with Crippen molar-refractivity contribution in [3.05, 3.63) is 29.3 Å². The van der Waals surface area contributed by atoms with Gasteiger partial charge in [0.1, 0.15) is 6.23 Å². The van der Waals surface area contributed by atoms with Crippen LogP contribution in [0.25, 0.3) is 0 Å². The van der Waals surface area contributed by atoms with E-state index in [2.05, 4.69) is 0 Å². The van der Waals surface area contributed by atoms with Gasteiger partial charge in [-0.25, -0.2) is 8.42 Å². The molecule has 2 rings (SSSR count). The molecule has 1 unspecified atom stereocenters. The molecule has 0 N–H and O–H groups in total. The van der Waals surface area contributed by atoms with Gasteiger partial charge in [0.2, 0.25) is 10.0 Å². The van der Waals surface area contributed by atoms with Gasteiger partial charge < -0.3 is 4.74 Å². The van der Waals surface area contributed by atoms with Crippen LogP contribution in [0.2, 0.25) is 0 Å². The van der Waals surface area contributed by atoms with Crippen LogP contribution in [0.1, 0.15) is 31.9 Å². The number of hydrogen-bond donors (Lipinski definition) is 0. The third-order valence-electron chi connectivity index (χ3n) is 3.47. The fraction of sp³-hybridized carbons (Fsp3) is 0.571. The first-order valence-corrected chi connectivity index (χ1v) is 7.84. The summed E-state index contributed by atoms with van der Waals surface area (Å²) in [5.74, 6) is 0. The highest BCUT2D eigenvalue weighted by atomic mass is 32.2. The topological polar surface area (TPSA) is 46.6 Å². The number of hydrogen-bond acceptors (Lipinski definition) is 3. The van der Waals surface area contributed by atoms with Gasteiger partial charge >= 0.3 is 0 Å². The van der Waals surface area contributed by atoms with Crippen LogP contribution in [0, 0.1) is 13.8 Å². The van der Waals surface area contributed by atoms with E-state index in [4.69, 9.17) is 4.74 Å². The second-order valence-electron chi connectivity index (χ2n) is 5.79. The second kappa shape index (κ2) is 4.58. The van der Waals surface area contributed by atoms with Crippen molar-refractivity contribution in [2.45, 2.75) is 51.3 Å². The molecule has 1 aliphatic heterocycles. The van der Waals surface area contributed by atoms with E-state index in [1.807, 2.05) is 39.8 Å². The number of ether oxygens (including phenoxy) is 1. The van der Waals surface area contributed by atoms with Gasteiger partial charge in [-0.2, -0.15) is 4.31 Å². The lowest BCUT2D eigenvalue weighted by atomic mass is 10.1. The predicted octanol–water partition coefficient (Wildman–Crippen LogP) is 2.45. The molecule has 0 amide bonds. The summed E-state index contributed by atoms with van der Waals surface area (Å²) >= 11 is 0. The van der Waals surface area contributed by atoms with E-state index in [0.29, 0.717) is 11.5 Å². The van der Waals surface area contributed by atoms with Gasteiger partial charge in [-0.1, -0.05) is 17.7 Å². The van der Waals surface area contributed by atoms with Crippen LogP contribution in [0.15, 0.2) is 23.1 Å². The van der Waals surface area contributed by atoms with Crippen molar-refractivity contribution < 1.29 is 13.2 Å². The van der Waals surface area contributed by atoms with Crippen molar-refractivity contribution in [1.29, 1.82) is 0 Å². The average molecular weight is 283 g/mol. The first-order chi connectivity index (χ1) is 8.66. The lowest BCUT2D eigenvalue weighted by Crippen LogP contribution is -2.47. The minimum atomic E-state index is -3.53. The molecule has 1 aliphatic rings. The Labute approximate surface area is 115 Å². The van der Waals surface area contributed by atoms with E-state index in [0.717, 1.165) is 11.1 Å². The standard InChI is InChI=1S/C14H21NO3S/c1-10-6-7-13(11(2)8-10)19(16,17)15-12(3)18-9-14(15,4)5/h6-8,12H,9H2,1-5H3. The molecule has 0 aliphatic carbocycles. The summed E-state index contributed by atoms with van der Waals surface area (Å²) in [4.78, 5) is 0.364. The van der Waals surface area contributed by atoms with Crippen molar-refractivity contribution in [2.75, 3.05) is 6.61 Å². The largest absolute Gasteiger partial charge is 0.360 e. The molecule has 106 valence electrons. The molecule has 1 aromatic rings. The number of aryl methyl sites for hydroxylation is 2. The van der Waals surface area contributed by atoms with Crippen LogP contribution in [0.3, 0.4) is 0 Å². The van der Waals surface area contributed by atoms with Crippen LogP contribution in [-0.4, -0.2) is 31.1 Å². The van der Waals surface area contributed by atoms with Crippen LogP contribution < -0.4 is 0 Å². The molecule has 1 heterocycles. The number of nitrogens with zero attached hydrogens (tertiary/aromatic N) is 1.